The molecule has 2 aromatic carbocycles. The van der Waals surface area contributed by atoms with Crippen LogP contribution in [0.4, 0.5) is 16.2 Å². The Kier molecular flexibility index (Phi) is 8.30. The lowest BCUT2D eigenvalue weighted by atomic mass is 9.98. The smallest absolute Gasteiger partial charge is 0.347 e. The van der Waals surface area contributed by atoms with Gasteiger partial charge in [0.05, 0.1) is 32.7 Å². The SMILES string of the molecule is COC(=O)[C@@H](C)N1C(=S)N(c2ccc(Cl)c(Cl)c2)[C@H](N(O)C(=O)Nc2ccc(Cl)c(Cl)c2)C1(C)C. The van der Waals surface area contributed by atoms with Gasteiger partial charge in [0, 0.05) is 11.4 Å². The van der Waals surface area contributed by atoms with E-state index in [1.807, 2.05) is 0 Å². The predicted octanol–water partition coefficient (Wildman–Crippen LogP) is 6.30. The Morgan fingerprint density at radius 3 is 2.20 bits per heavy atom. The molecule has 1 saturated heterocycles. The fraction of sp³-hybridized carbons (Fsp3) is 0.318. The fourth-order valence-electron chi connectivity index (χ4n) is 4.01. The van der Waals surface area contributed by atoms with E-state index < -0.39 is 29.7 Å². The highest BCUT2D eigenvalue weighted by atomic mass is 35.5. The van der Waals surface area contributed by atoms with Crippen molar-refractivity contribution in [1.29, 1.82) is 0 Å². The number of benzene rings is 2. The second kappa shape index (κ2) is 10.5. The molecule has 0 aliphatic carbocycles. The molecule has 2 atom stereocenters. The summed E-state index contributed by atoms with van der Waals surface area (Å²) in [5.41, 5.74) is -0.327. The number of rotatable bonds is 5. The summed E-state index contributed by atoms with van der Waals surface area (Å²) in [4.78, 5) is 28.7. The minimum absolute atomic E-state index is 0.165. The van der Waals surface area contributed by atoms with Gasteiger partial charge >= 0.3 is 12.0 Å². The first-order valence-electron chi connectivity index (χ1n) is 10.2. The summed E-state index contributed by atoms with van der Waals surface area (Å²) in [5.74, 6) is -0.542. The molecule has 2 N–H and O–H groups in total. The number of hydrogen-bond acceptors (Lipinski definition) is 5. The molecule has 1 fully saturated rings. The molecule has 1 aliphatic heterocycles. The van der Waals surface area contributed by atoms with Gasteiger partial charge in [0.15, 0.2) is 11.3 Å². The zero-order valence-electron chi connectivity index (χ0n) is 19.1. The van der Waals surface area contributed by atoms with Crippen molar-refractivity contribution in [3.8, 4) is 0 Å². The Morgan fingerprint density at radius 2 is 1.66 bits per heavy atom. The van der Waals surface area contributed by atoms with Crippen LogP contribution in [-0.2, 0) is 9.53 Å². The number of amides is 2. The van der Waals surface area contributed by atoms with Crippen LogP contribution in [0, 0.1) is 0 Å². The second-order valence-electron chi connectivity index (χ2n) is 8.25. The number of nitrogens with zero attached hydrogens (tertiary/aromatic N) is 3. The summed E-state index contributed by atoms with van der Waals surface area (Å²) in [5, 5.41) is 15.5. The average Bonchev–Trinajstić information content (AvgIpc) is 3.01. The lowest BCUT2D eigenvalue weighted by Gasteiger charge is -2.40. The van der Waals surface area contributed by atoms with E-state index in [4.69, 9.17) is 63.4 Å². The number of hydrogen-bond donors (Lipinski definition) is 2. The normalized spacial score (nSPS) is 17.9. The Hall–Kier alpha value is -2.01. The van der Waals surface area contributed by atoms with Gasteiger partial charge in [0.1, 0.15) is 6.04 Å². The number of nitrogens with one attached hydrogen (secondary N) is 1. The molecule has 0 aromatic heterocycles. The second-order valence-corrected chi connectivity index (χ2v) is 10.2. The van der Waals surface area contributed by atoms with E-state index in [1.165, 1.54) is 30.2 Å². The number of carbonyl (C=O) groups excluding carboxylic acids is 2. The number of carbonyl (C=O) groups is 2. The van der Waals surface area contributed by atoms with Crippen LogP contribution in [0.25, 0.3) is 0 Å². The first kappa shape index (κ1) is 27.6. The predicted molar refractivity (Wildman–Crippen MR) is 142 cm³/mol. The number of halogens is 4. The highest BCUT2D eigenvalue weighted by molar-refractivity contribution is 7.80. The molecule has 188 valence electrons. The first-order valence-corrected chi connectivity index (χ1v) is 12.1. The van der Waals surface area contributed by atoms with E-state index in [-0.39, 0.29) is 15.2 Å². The molecule has 13 heteroatoms. The van der Waals surface area contributed by atoms with Gasteiger partial charge in [-0.25, -0.2) is 9.59 Å². The van der Waals surface area contributed by atoms with Crippen molar-refractivity contribution in [3.05, 3.63) is 56.5 Å². The summed E-state index contributed by atoms with van der Waals surface area (Å²) in [6.45, 7) is 5.08. The number of methoxy groups -OCH3 is 1. The third kappa shape index (κ3) is 5.26. The zero-order chi connectivity index (χ0) is 26.2. The molecule has 0 bridgehead atoms. The molecular formula is C22H22Cl4N4O4S. The van der Waals surface area contributed by atoms with E-state index in [0.717, 1.165) is 0 Å². The molecule has 0 unspecified atom stereocenters. The molecule has 0 saturated carbocycles. The molecule has 0 spiro atoms. The monoisotopic (exact) mass is 578 g/mol. The lowest BCUT2D eigenvalue weighted by molar-refractivity contribution is -0.148. The summed E-state index contributed by atoms with van der Waals surface area (Å²) in [7, 11) is 1.27. The van der Waals surface area contributed by atoms with Crippen molar-refractivity contribution >= 4 is 87.1 Å². The van der Waals surface area contributed by atoms with E-state index >= 15 is 0 Å². The lowest BCUT2D eigenvalue weighted by Crippen LogP contribution is -2.59. The Bertz CT molecular complexity index is 1180. The average molecular weight is 580 g/mol. The highest BCUT2D eigenvalue weighted by Gasteiger charge is 2.56. The number of anilines is 2. The van der Waals surface area contributed by atoms with Crippen LogP contribution in [0.1, 0.15) is 20.8 Å². The van der Waals surface area contributed by atoms with Crippen LogP contribution in [0.3, 0.4) is 0 Å². The van der Waals surface area contributed by atoms with Gasteiger partial charge in [0.25, 0.3) is 0 Å². The van der Waals surface area contributed by atoms with Gasteiger partial charge in [-0.2, -0.15) is 5.06 Å². The summed E-state index contributed by atoms with van der Waals surface area (Å²) < 4.78 is 4.91. The van der Waals surface area contributed by atoms with Crippen LogP contribution in [-0.4, -0.2) is 57.1 Å². The van der Waals surface area contributed by atoms with Crippen LogP contribution in [0.15, 0.2) is 36.4 Å². The van der Waals surface area contributed by atoms with E-state index in [9.17, 15) is 14.8 Å². The van der Waals surface area contributed by atoms with Crippen molar-refractivity contribution in [2.45, 2.75) is 38.5 Å². The number of ether oxygens (including phenoxy) is 1. The largest absolute Gasteiger partial charge is 0.467 e. The molecule has 35 heavy (non-hydrogen) atoms. The molecule has 0 radical (unpaired) electrons. The zero-order valence-corrected chi connectivity index (χ0v) is 22.9. The van der Waals surface area contributed by atoms with Crippen LogP contribution in [0.5, 0.6) is 0 Å². The van der Waals surface area contributed by atoms with Gasteiger partial charge < -0.3 is 15.0 Å². The Balaban J connectivity index is 2.06. The summed E-state index contributed by atoms with van der Waals surface area (Å²) in [6, 6.07) is 7.55. The van der Waals surface area contributed by atoms with Gasteiger partial charge in [-0.15, -0.1) is 0 Å². The van der Waals surface area contributed by atoms with Crippen molar-refractivity contribution < 1.29 is 19.5 Å². The Labute approximate surface area is 228 Å². The molecule has 2 amide bonds. The van der Waals surface area contributed by atoms with Crippen LogP contribution in [0.2, 0.25) is 20.1 Å². The van der Waals surface area contributed by atoms with E-state index in [2.05, 4.69) is 5.32 Å². The first-order chi connectivity index (χ1) is 16.3. The quantitative estimate of drug-likeness (QED) is 0.186. The highest BCUT2D eigenvalue weighted by Crippen LogP contribution is 2.41. The number of esters is 1. The molecule has 3 rings (SSSR count). The Morgan fingerprint density at radius 1 is 1.09 bits per heavy atom. The maximum atomic E-state index is 13.1. The van der Waals surface area contributed by atoms with Crippen molar-refractivity contribution in [1.82, 2.24) is 9.96 Å². The molecule has 8 nitrogen and oxygen atoms in total. The molecular weight excluding hydrogens is 558 g/mol. The van der Waals surface area contributed by atoms with Crippen molar-refractivity contribution in [2.24, 2.45) is 0 Å². The minimum Gasteiger partial charge on any atom is -0.467 e. The topological polar surface area (TPSA) is 85.3 Å². The maximum absolute atomic E-state index is 13.1. The molecule has 1 aliphatic rings. The van der Waals surface area contributed by atoms with Crippen LogP contribution >= 0.6 is 58.6 Å². The minimum atomic E-state index is -1.10. The standard InChI is InChI=1S/C22H22Cl4N4O4S/c1-11(18(31)34-4)29-21(35)28(13-6-8-15(24)17(26)10-13)19(22(29,2)3)30(33)20(32)27-12-5-7-14(23)16(25)9-12/h5-11,19,33H,1-4H3,(H,27,32)/t11-,19-/m1/s1. The molecule has 1 heterocycles. The fourth-order valence-corrected chi connectivity index (χ4v) is 5.20. The summed E-state index contributed by atoms with van der Waals surface area (Å²) >= 11 is 30.0. The maximum Gasteiger partial charge on any atom is 0.347 e. The third-order valence-corrected chi connectivity index (χ3v) is 7.50. The summed E-state index contributed by atoms with van der Waals surface area (Å²) in [6.07, 6.45) is -1.10. The van der Waals surface area contributed by atoms with E-state index in [0.29, 0.717) is 26.5 Å². The van der Waals surface area contributed by atoms with Crippen molar-refractivity contribution in [2.75, 3.05) is 17.3 Å². The van der Waals surface area contributed by atoms with Crippen LogP contribution < -0.4 is 10.2 Å². The van der Waals surface area contributed by atoms with E-state index in [1.54, 1.807) is 43.9 Å². The number of urea groups is 1. The van der Waals surface area contributed by atoms with Gasteiger partial charge in [-0.1, -0.05) is 46.4 Å². The third-order valence-electron chi connectivity index (χ3n) is 5.63. The number of thiocarbonyl (C=S) groups is 1. The molecule has 2 aromatic rings. The number of hydroxylamine groups is 2. The van der Waals surface area contributed by atoms with Gasteiger partial charge in [-0.05, 0) is 69.4 Å². The van der Waals surface area contributed by atoms with Gasteiger partial charge in [0.2, 0.25) is 0 Å². The van der Waals surface area contributed by atoms with Gasteiger partial charge in [-0.3, -0.25) is 10.1 Å². The van der Waals surface area contributed by atoms with Crippen molar-refractivity contribution in [3.63, 3.8) is 0 Å².